The zero-order valence-corrected chi connectivity index (χ0v) is 19.6. The molecular formula is C23H23Cl2FN4O3. The lowest BCUT2D eigenvalue weighted by atomic mass is 9.99. The lowest BCUT2D eigenvalue weighted by Gasteiger charge is -2.26. The highest BCUT2D eigenvalue weighted by atomic mass is 35.5. The van der Waals surface area contributed by atoms with Gasteiger partial charge in [-0.3, -0.25) is 4.79 Å². The molecule has 1 aromatic carbocycles. The molecule has 4 rings (SSSR count). The van der Waals surface area contributed by atoms with Crippen LogP contribution in [0.1, 0.15) is 30.6 Å². The van der Waals surface area contributed by atoms with Crippen molar-refractivity contribution in [1.29, 1.82) is 0 Å². The van der Waals surface area contributed by atoms with Crippen LogP contribution in [-0.2, 0) is 4.79 Å². The maximum absolute atomic E-state index is 14.0. The molecule has 1 unspecified atom stereocenters. The van der Waals surface area contributed by atoms with E-state index in [4.69, 9.17) is 38.1 Å². The van der Waals surface area contributed by atoms with Crippen LogP contribution in [0, 0.1) is 5.82 Å². The molecule has 0 aliphatic carbocycles. The molecule has 174 valence electrons. The number of rotatable bonds is 6. The van der Waals surface area contributed by atoms with E-state index in [0.29, 0.717) is 37.2 Å². The summed E-state index contributed by atoms with van der Waals surface area (Å²) in [4.78, 5) is 18.2. The first kappa shape index (κ1) is 23.4. The zero-order chi connectivity index (χ0) is 23.7. The summed E-state index contributed by atoms with van der Waals surface area (Å²) in [5.41, 5.74) is 8.72. The second-order valence-corrected chi connectivity index (χ2v) is 8.52. The standard InChI is InChI=1S/C23H23Cl2FN4O3/c1-12(19-16(24)3-4-17(26)20(19)25)33-22-21-14(9-29-23(22)27)15(11-32-21)13-5-7-30(8-6-13)18(31)10-28-2/h3-5,9,11-12,28H,6-8,10H2,1-2H3,(H2,27,29). The average Bonchev–Trinajstić information content (AvgIpc) is 3.23. The Kier molecular flexibility index (Phi) is 6.78. The number of furan rings is 1. The second-order valence-electron chi connectivity index (χ2n) is 7.73. The lowest BCUT2D eigenvalue weighted by Crippen LogP contribution is -2.39. The smallest absolute Gasteiger partial charge is 0.236 e. The van der Waals surface area contributed by atoms with Gasteiger partial charge in [0.05, 0.1) is 23.2 Å². The zero-order valence-electron chi connectivity index (χ0n) is 18.1. The average molecular weight is 493 g/mol. The number of anilines is 1. The van der Waals surface area contributed by atoms with Crippen molar-refractivity contribution in [3.8, 4) is 5.75 Å². The number of nitrogens with zero attached hydrogens (tertiary/aromatic N) is 2. The van der Waals surface area contributed by atoms with Crippen LogP contribution in [0.3, 0.4) is 0 Å². The second kappa shape index (κ2) is 9.59. The van der Waals surface area contributed by atoms with Crippen molar-refractivity contribution in [2.24, 2.45) is 0 Å². The first-order valence-corrected chi connectivity index (χ1v) is 11.1. The van der Waals surface area contributed by atoms with Crippen molar-refractivity contribution >= 4 is 51.5 Å². The monoisotopic (exact) mass is 492 g/mol. The van der Waals surface area contributed by atoms with Crippen molar-refractivity contribution in [2.75, 3.05) is 32.4 Å². The highest BCUT2D eigenvalue weighted by Crippen LogP contribution is 2.41. The first-order valence-electron chi connectivity index (χ1n) is 10.4. The molecule has 3 aromatic rings. The number of benzene rings is 1. The summed E-state index contributed by atoms with van der Waals surface area (Å²) in [6, 6.07) is 2.62. The van der Waals surface area contributed by atoms with Crippen LogP contribution in [0.25, 0.3) is 16.5 Å². The number of carbonyl (C=O) groups excluding carboxylic acids is 1. The molecule has 3 heterocycles. The summed E-state index contributed by atoms with van der Waals surface area (Å²) in [5.74, 6) is -0.188. The van der Waals surface area contributed by atoms with E-state index in [1.807, 2.05) is 6.08 Å². The summed E-state index contributed by atoms with van der Waals surface area (Å²) >= 11 is 12.4. The number of amides is 1. The number of aromatic nitrogens is 1. The molecule has 7 nitrogen and oxygen atoms in total. The number of halogens is 3. The van der Waals surface area contributed by atoms with Gasteiger partial charge in [0.2, 0.25) is 11.7 Å². The van der Waals surface area contributed by atoms with E-state index in [1.54, 1.807) is 31.3 Å². The largest absolute Gasteiger partial charge is 0.478 e. The van der Waals surface area contributed by atoms with Crippen molar-refractivity contribution < 1.29 is 18.3 Å². The van der Waals surface area contributed by atoms with Crippen molar-refractivity contribution in [3.05, 3.63) is 57.7 Å². The maximum atomic E-state index is 14.0. The molecule has 0 saturated heterocycles. The fraction of sp³-hybridized carbons (Fsp3) is 0.304. The van der Waals surface area contributed by atoms with Crippen LogP contribution in [0.2, 0.25) is 10.0 Å². The third-order valence-electron chi connectivity index (χ3n) is 5.62. The summed E-state index contributed by atoms with van der Waals surface area (Å²) in [5, 5.41) is 3.77. The molecule has 1 aliphatic rings. The first-order chi connectivity index (χ1) is 15.8. The van der Waals surface area contributed by atoms with Gasteiger partial charge in [-0.15, -0.1) is 0 Å². The van der Waals surface area contributed by atoms with Crippen molar-refractivity contribution in [3.63, 3.8) is 0 Å². The van der Waals surface area contributed by atoms with Crippen LogP contribution >= 0.6 is 23.2 Å². The minimum Gasteiger partial charge on any atom is -0.478 e. The van der Waals surface area contributed by atoms with Gasteiger partial charge in [-0.2, -0.15) is 0 Å². The third-order valence-corrected chi connectivity index (χ3v) is 6.33. The van der Waals surface area contributed by atoms with Gasteiger partial charge in [0.15, 0.2) is 11.4 Å². The number of nitrogens with one attached hydrogen (secondary N) is 1. The third kappa shape index (κ3) is 4.51. The van der Waals surface area contributed by atoms with Gasteiger partial charge in [-0.05, 0) is 38.1 Å². The van der Waals surface area contributed by atoms with Crippen LogP contribution < -0.4 is 15.8 Å². The van der Waals surface area contributed by atoms with Gasteiger partial charge < -0.3 is 25.1 Å². The van der Waals surface area contributed by atoms with Crippen LogP contribution in [0.4, 0.5) is 10.2 Å². The van der Waals surface area contributed by atoms with E-state index in [2.05, 4.69) is 10.3 Å². The van der Waals surface area contributed by atoms with E-state index in [1.165, 1.54) is 12.1 Å². The van der Waals surface area contributed by atoms with Gasteiger partial charge >= 0.3 is 0 Å². The van der Waals surface area contributed by atoms with E-state index in [9.17, 15) is 9.18 Å². The minimum absolute atomic E-state index is 0.0543. The van der Waals surface area contributed by atoms with Crippen LogP contribution in [-0.4, -0.2) is 42.5 Å². The van der Waals surface area contributed by atoms with Crippen molar-refractivity contribution in [2.45, 2.75) is 19.4 Å². The summed E-state index contributed by atoms with van der Waals surface area (Å²) in [7, 11) is 1.75. The number of pyridine rings is 1. The summed E-state index contributed by atoms with van der Waals surface area (Å²) < 4.78 is 25.9. The Labute approximate surface area is 200 Å². The SMILES string of the molecule is CNCC(=O)N1CC=C(c2coc3c(OC(C)c4c(Cl)ccc(F)c4Cl)c(N)ncc23)CC1. The Morgan fingerprint density at radius 3 is 2.91 bits per heavy atom. The fourth-order valence-corrected chi connectivity index (χ4v) is 4.58. The number of hydrogen-bond donors (Lipinski definition) is 2. The fourth-order valence-electron chi connectivity index (χ4n) is 3.90. The van der Waals surface area contributed by atoms with Crippen molar-refractivity contribution in [1.82, 2.24) is 15.2 Å². The van der Waals surface area contributed by atoms with E-state index in [-0.39, 0.29) is 27.5 Å². The molecule has 10 heteroatoms. The summed E-state index contributed by atoms with van der Waals surface area (Å²) in [6.45, 7) is 3.12. The molecule has 0 saturated carbocycles. The number of ether oxygens (including phenoxy) is 1. The molecule has 1 amide bonds. The molecule has 33 heavy (non-hydrogen) atoms. The molecule has 0 bridgehead atoms. The van der Waals surface area contributed by atoms with Gasteiger partial charge in [-0.1, -0.05) is 29.3 Å². The van der Waals surface area contributed by atoms with E-state index in [0.717, 1.165) is 16.5 Å². The Balaban J connectivity index is 1.64. The number of nitrogens with two attached hydrogens (primary N) is 1. The number of likely N-dealkylation sites (N-methyl/N-ethyl adjacent to an activating group) is 1. The predicted octanol–water partition coefficient (Wildman–Crippen LogP) is 4.83. The van der Waals surface area contributed by atoms with E-state index >= 15 is 0 Å². The van der Waals surface area contributed by atoms with Gasteiger partial charge in [0.25, 0.3) is 0 Å². The molecule has 1 aliphatic heterocycles. The molecule has 2 aromatic heterocycles. The Morgan fingerprint density at radius 1 is 1.42 bits per heavy atom. The summed E-state index contributed by atoms with van der Waals surface area (Å²) in [6.07, 6.45) is 5.22. The van der Waals surface area contributed by atoms with Gasteiger partial charge in [0, 0.05) is 35.4 Å². The maximum Gasteiger partial charge on any atom is 0.236 e. The molecular weight excluding hydrogens is 470 g/mol. The molecule has 0 fully saturated rings. The topological polar surface area (TPSA) is 93.6 Å². The molecule has 1 atom stereocenters. The molecule has 0 spiro atoms. The predicted molar refractivity (Wildman–Crippen MR) is 127 cm³/mol. The lowest BCUT2D eigenvalue weighted by molar-refractivity contribution is -0.129. The van der Waals surface area contributed by atoms with Crippen LogP contribution in [0.15, 0.2) is 35.1 Å². The minimum atomic E-state index is -0.718. The normalized spacial score (nSPS) is 14.9. The highest BCUT2D eigenvalue weighted by molar-refractivity contribution is 6.36. The Hall–Kier alpha value is -2.81. The Bertz CT molecular complexity index is 1240. The number of hydrogen-bond acceptors (Lipinski definition) is 6. The quantitative estimate of drug-likeness (QED) is 0.478. The van der Waals surface area contributed by atoms with Gasteiger partial charge in [0.1, 0.15) is 11.9 Å². The highest BCUT2D eigenvalue weighted by Gasteiger charge is 2.25. The number of carbonyl (C=O) groups is 1. The van der Waals surface area contributed by atoms with Gasteiger partial charge in [-0.25, -0.2) is 9.37 Å². The Morgan fingerprint density at radius 2 is 2.21 bits per heavy atom. The number of nitrogen functional groups attached to an aromatic ring is 1. The van der Waals surface area contributed by atoms with Crippen LogP contribution in [0.5, 0.6) is 5.75 Å². The molecule has 0 radical (unpaired) electrons. The number of fused-ring (bicyclic) bond motifs is 1. The van der Waals surface area contributed by atoms with E-state index < -0.39 is 11.9 Å². The molecule has 3 N–H and O–H groups in total.